The highest BCUT2D eigenvalue weighted by Gasteiger charge is 2.42. The molecular formula is C25H41N3O5. The molecule has 0 aliphatic carbocycles. The van der Waals surface area contributed by atoms with Gasteiger partial charge in [-0.15, -0.1) is 0 Å². The zero-order chi connectivity index (χ0) is 25.8. The van der Waals surface area contributed by atoms with E-state index in [-0.39, 0.29) is 5.91 Å². The molecule has 0 aliphatic rings. The van der Waals surface area contributed by atoms with Gasteiger partial charge in [0.2, 0.25) is 11.8 Å². The van der Waals surface area contributed by atoms with Crippen LogP contribution >= 0.6 is 0 Å². The van der Waals surface area contributed by atoms with Gasteiger partial charge in [-0.05, 0) is 74.8 Å². The fraction of sp³-hybridized carbons (Fsp3) is 0.640. The van der Waals surface area contributed by atoms with E-state index in [1.54, 1.807) is 41.5 Å². The Labute approximate surface area is 198 Å². The van der Waals surface area contributed by atoms with Crippen molar-refractivity contribution in [2.24, 2.45) is 0 Å². The summed E-state index contributed by atoms with van der Waals surface area (Å²) in [5.74, 6) is -0.950. The van der Waals surface area contributed by atoms with Crippen molar-refractivity contribution >= 4 is 17.9 Å². The second-order valence-corrected chi connectivity index (χ2v) is 11.3. The molecule has 186 valence electrons. The van der Waals surface area contributed by atoms with Crippen molar-refractivity contribution in [3.05, 3.63) is 35.4 Å². The molecule has 0 aliphatic heterocycles. The van der Waals surface area contributed by atoms with Gasteiger partial charge in [-0.2, -0.15) is 0 Å². The van der Waals surface area contributed by atoms with E-state index in [0.29, 0.717) is 5.56 Å². The van der Waals surface area contributed by atoms with Gasteiger partial charge in [0.05, 0.1) is 6.61 Å². The normalized spacial score (nSPS) is 14.2. The number of alkyl carbamates (subject to hydrolysis) is 1. The molecule has 8 heteroatoms. The number of ether oxygens (including phenoxy) is 1. The molecule has 3 amide bonds. The number of nitrogens with zero attached hydrogens (tertiary/aromatic N) is 1. The van der Waals surface area contributed by atoms with Gasteiger partial charge in [0, 0.05) is 11.1 Å². The second-order valence-electron chi connectivity index (χ2n) is 11.3. The van der Waals surface area contributed by atoms with Crippen LogP contribution in [0, 0.1) is 6.92 Å². The summed E-state index contributed by atoms with van der Waals surface area (Å²) >= 11 is 0. The van der Waals surface area contributed by atoms with Crippen LogP contribution in [-0.2, 0) is 14.3 Å². The summed E-state index contributed by atoms with van der Waals surface area (Å²) in [4.78, 5) is 40.9. The average Bonchev–Trinajstić information content (AvgIpc) is 2.60. The smallest absolute Gasteiger partial charge is 0.408 e. The van der Waals surface area contributed by atoms with Gasteiger partial charge in [-0.25, -0.2) is 4.79 Å². The quantitative estimate of drug-likeness (QED) is 0.599. The molecule has 1 rings (SSSR count). The van der Waals surface area contributed by atoms with Crippen LogP contribution in [0.5, 0.6) is 0 Å². The lowest BCUT2D eigenvalue weighted by atomic mass is 9.94. The largest absolute Gasteiger partial charge is 0.444 e. The van der Waals surface area contributed by atoms with Gasteiger partial charge in [0.1, 0.15) is 17.7 Å². The summed E-state index contributed by atoms with van der Waals surface area (Å²) in [5, 5.41) is 15.4. The van der Waals surface area contributed by atoms with E-state index in [1.165, 1.54) is 4.90 Å². The first-order chi connectivity index (χ1) is 14.9. The van der Waals surface area contributed by atoms with E-state index in [2.05, 4.69) is 10.6 Å². The highest BCUT2D eigenvalue weighted by atomic mass is 16.6. The molecule has 2 unspecified atom stereocenters. The first-order valence-electron chi connectivity index (χ1n) is 11.2. The number of benzene rings is 1. The minimum atomic E-state index is -1.28. The topological polar surface area (TPSA) is 108 Å². The zero-order valence-corrected chi connectivity index (χ0v) is 21.7. The van der Waals surface area contributed by atoms with E-state index in [9.17, 15) is 19.5 Å². The van der Waals surface area contributed by atoms with Gasteiger partial charge in [0.15, 0.2) is 0 Å². The third kappa shape index (κ3) is 9.04. The molecule has 33 heavy (non-hydrogen) atoms. The molecule has 0 radical (unpaired) electrons. The van der Waals surface area contributed by atoms with Crippen molar-refractivity contribution in [1.29, 1.82) is 0 Å². The molecule has 3 N–H and O–H groups in total. The Morgan fingerprint density at radius 2 is 1.48 bits per heavy atom. The number of carbonyl (C=O) groups excluding carboxylic acids is 3. The Bertz CT molecular complexity index is 830. The lowest BCUT2D eigenvalue weighted by molar-refractivity contribution is -0.149. The number of aryl methyl sites for hydroxylation is 1. The number of aliphatic hydroxyl groups is 1. The lowest BCUT2D eigenvalue weighted by Crippen LogP contribution is -2.60. The lowest BCUT2D eigenvalue weighted by Gasteiger charge is -2.43. The standard InChI is InChI=1S/C25H41N3O5/c1-16-11-13-17(14-12-16)19(20(30)27-23(2,3)4)28(24(5,6)7)21(31)18(15-29)26-22(32)33-25(8,9)10/h11-14,18-19,29H,15H2,1-10H3,(H,26,32)(H,27,30). The van der Waals surface area contributed by atoms with E-state index < -0.39 is 47.4 Å². The summed E-state index contributed by atoms with van der Waals surface area (Å²) < 4.78 is 5.25. The van der Waals surface area contributed by atoms with E-state index in [0.717, 1.165) is 5.56 Å². The fourth-order valence-corrected chi connectivity index (χ4v) is 3.25. The predicted molar refractivity (Wildman–Crippen MR) is 129 cm³/mol. The second kappa shape index (κ2) is 10.5. The van der Waals surface area contributed by atoms with Crippen LogP contribution in [-0.4, -0.2) is 57.2 Å². The van der Waals surface area contributed by atoms with E-state index in [4.69, 9.17) is 4.74 Å². The number of hydrogen-bond acceptors (Lipinski definition) is 5. The Hall–Kier alpha value is -2.61. The molecule has 0 heterocycles. The predicted octanol–water partition coefficient (Wildman–Crippen LogP) is 3.46. The van der Waals surface area contributed by atoms with Crippen LogP contribution in [0.2, 0.25) is 0 Å². The molecule has 8 nitrogen and oxygen atoms in total. The van der Waals surface area contributed by atoms with Gasteiger partial charge < -0.3 is 25.4 Å². The molecule has 0 fully saturated rings. The molecule has 0 saturated heterocycles. The molecular weight excluding hydrogens is 422 g/mol. The van der Waals surface area contributed by atoms with Crippen LogP contribution in [0.4, 0.5) is 4.79 Å². The minimum Gasteiger partial charge on any atom is -0.444 e. The van der Waals surface area contributed by atoms with Crippen molar-refractivity contribution < 1.29 is 24.2 Å². The van der Waals surface area contributed by atoms with Crippen LogP contribution in [0.15, 0.2) is 24.3 Å². The maximum absolute atomic E-state index is 13.7. The van der Waals surface area contributed by atoms with Crippen molar-refractivity contribution in [3.63, 3.8) is 0 Å². The van der Waals surface area contributed by atoms with E-state index in [1.807, 2.05) is 52.0 Å². The Balaban J connectivity index is 3.48. The Kier molecular flexibility index (Phi) is 9.08. The summed E-state index contributed by atoms with van der Waals surface area (Å²) in [5.41, 5.74) is -0.474. The molecule has 1 aromatic rings. The first-order valence-corrected chi connectivity index (χ1v) is 11.2. The van der Waals surface area contributed by atoms with Crippen LogP contribution < -0.4 is 10.6 Å². The minimum absolute atomic E-state index is 0.358. The van der Waals surface area contributed by atoms with Crippen LogP contribution in [0.1, 0.15) is 79.5 Å². The van der Waals surface area contributed by atoms with Crippen molar-refractivity contribution in [2.45, 2.75) is 98.0 Å². The van der Waals surface area contributed by atoms with Gasteiger partial charge in [-0.3, -0.25) is 9.59 Å². The summed E-state index contributed by atoms with van der Waals surface area (Å²) in [7, 11) is 0. The van der Waals surface area contributed by atoms with Gasteiger partial charge in [-0.1, -0.05) is 29.8 Å². The van der Waals surface area contributed by atoms with Gasteiger partial charge >= 0.3 is 6.09 Å². The molecule has 2 atom stereocenters. The number of carbonyl (C=O) groups is 3. The summed E-state index contributed by atoms with van der Waals surface area (Å²) in [6.07, 6.45) is -0.824. The van der Waals surface area contributed by atoms with Gasteiger partial charge in [0.25, 0.3) is 0 Å². The molecule has 0 aromatic heterocycles. The highest BCUT2D eigenvalue weighted by Crippen LogP contribution is 2.30. The van der Waals surface area contributed by atoms with E-state index >= 15 is 0 Å². The number of aliphatic hydroxyl groups excluding tert-OH is 1. The fourth-order valence-electron chi connectivity index (χ4n) is 3.25. The third-order valence-corrected chi connectivity index (χ3v) is 4.53. The number of rotatable bonds is 6. The number of amides is 3. The zero-order valence-electron chi connectivity index (χ0n) is 21.7. The first kappa shape index (κ1) is 28.4. The third-order valence-electron chi connectivity index (χ3n) is 4.53. The molecule has 0 bridgehead atoms. The summed E-state index contributed by atoms with van der Waals surface area (Å²) in [6.45, 7) is 17.4. The highest BCUT2D eigenvalue weighted by molar-refractivity contribution is 5.93. The van der Waals surface area contributed by atoms with Crippen LogP contribution in [0.25, 0.3) is 0 Å². The Morgan fingerprint density at radius 3 is 1.88 bits per heavy atom. The molecule has 0 spiro atoms. The monoisotopic (exact) mass is 463 g/mol. The molecule has 1 aromatic carbocycles. The summed E-state index contributed by atoms with van der Waals surface area (Å²) in [6, 6.07) is 5.11. The van der Waals surface area contributed by atoms with Crippen LogP contribution in [0.3, 0.4) is 0 Å². The Morgan fingerprint density at radius 1 is 0.970 bits per heavy atom. The maximum atomic E-state index is 13.7. The van der Waals surface area contributed by atoms with Crippen molar-refractivity contribution in [3.8, 4) is 0 Å². The number of nitrogens with one attached hydrogen (secondary N) is 2. The molecule has 0 saturated carbocycles. The van der Waals surface area contributed by atoms with Crippen molar-refractivity contribution in [2.75, 3.05) is 6.61 Å². The average molecular weight is 464 g/mol. The number of hydrogen-bond donors (Lipinski definition) is 3. The maximum Gasteiger partial charge on any atom is 0.408 e. The van der Waals surface area contributed by atoms with Crippen molar-refractivity contribution in [1.82, 2.24) is 15.5 Å². The SMILES string of the molecule is Cc1ccc(C(C(=O)NC(C)(C)C)N(C(=O)C(CO)NC(=O)OC(C)(C)C)C(C)(C)C)cc1.